The zero-order chi connectivity index (χ0) is 12.3. The highest BCUT2D eigenvalue weighted by molar-refractivity contribution is 5.78. The molecule has 1 heterocycles. The molecule has 0 spiro atoms. The van der Waals surface area contributed by atoms with Crippen LogP contribution in [0.25, 0.3) is 0 Å². The first-order valence-corrected chi connectivity index (χ1v) is 6.24. The van der Waals surface area contributed by atoms with Crippen molar-refractivity contribution in [3.63, 3.8) is 0 Å². The van der Waals surface area contributed by atoms with E-state index in [1.54, 1.807) is 0 Å². The number of amides is 1. The van der Waals surface area contributed by atoms with E-state index in [0.29, 0.717) is 19.4 Å². The molecule has 1 amide bonds. The molecule has 3 nitrogen and oxygen atoms in total. The van der Waals surface area contributed by atoms with E-state index in [2.05, 4.69) is 0 Å². The topological polar surface area (TPSA) is 40.5 Å². The average molecular weight is 233 g/mol. The Balaban J connectivity index is 2.09. The number of likely N-dealkylation sites (tertiary alicyclic amines) is 1. The van der Waals surface area contributed by atoms with Crippen LogP contribution in [-0.2, 0) is 11.3 Å². The van der Waals surface area contributed by atoms with Crippen LogP contribution in [0.4, 0.5) is 0 Å². The van der Waals surface area contributed by atoms with Crippen molar-refractivity contribution < 1.29 is 9.90 Å². The summed E-state index contributed by atoms with van der Waals surface area (Å²) in [7, 11) is 0. The van der Waals surface area contributed by atoms with Gasteiger partial charge in [0, 0.05) is 13.0 Å². The Morgan fingerprint density at radius 2 is 2.12 bits per heavy atom. The number of aliphatic hydroxyl groups excluding tert-OH is 1. The third-order valence-corrected chi connectivity index (χ3v) is 3.43. The fraction of sp³-hybridized carbons (Fsp3) is 0.500. The molecule has 2 atom stereocenters. The van der Waals surface area contributed by atoms with Crippen LogP contribution in [0.5, 0.6) is 0 Å². The predicted octanol–water partition coefficient (Wildman–Crippen LogP) is 1.95. The predicted molar refractivity (Wildman–Crippen MR) is 66.3 cm³/mol. The van der Waals surface area contributed by atoms with Gasteiger partial charge in [-0.15, -0.1) is 0 Å². The van der Waals surface area contributed by atoms with Gasteiger partial charge in [-0.1, -0.05) is 37.3 Å². The van der Waals surface area contributed by atoms with Gasteiger partial charge in [0.2, 0.25) is 5.91 Å². The number of hydrogen-bond donors (Lipinski definition) is 1. The number of benzene rings is 1. The second kappa shape index (κ2) is 5.32. The Morgan fingerprint density at radius 3 is 2.76 bits per heavy atom. The maximum absolute atomic E-state index is 11.8. The lowest BCUT2D eigenvalue weighted by Gasteiger charge is -2.28. The Hall–Kier alpha value is -1.35. The molecule has 3 heteroatoms. The van der Waals surface area contributed by atoms with Crippen LogP contribution in [0.15, 0.2) is 30.3 Å². The van der Waals surface area contributed by atoms with Gasteiger partial charge in [0.15, 0.2) is 0 Å². The number of carbonyl (C=O) groups is 1. The van der Waals surface area contributed by atoms with Gasteiger partial charge in [-0.2, -0.15) is 0 Å². The Morgan fingerprint density at radius 1 is 1.41 bits per heavy atom. The molecule has 0 bridgehead atoms. The molecule has 1 fully saturated rings. The number of aliphatic hydroxyl groups is 1. The molecular formula is C14H19NO2. The van der Waals surface area contributed by atoms with Crippen LogP contribution >= 0.6 is 0 Å². The third-order valence-electron chi connectivity index (χ3n) is 3.43. The van der Waals surface area contributed by atoms with E-state index in [9.17, 15) is 9.90 Å². The second-order valence-electron chi connectivity index (χ2n) is 4.59. The zero-order valence-electron chi connectivity index (χ0n) is 10.2. The van der Waals surface area contributed by atoms with E-state index < -0.39 is 6.10 Å². The van der Waals surface area contributed by atoms with E-state index in [-0.39, 0.29) is 11.9 Å². The van der Waals surface area contributed by atoms with Gasteiger partial charge in [0.05, 0.1) is 12.1 Å². The fourth-order valence-corrected chi connectivity index (χ4v) is 2.41. The van der Waals surface area contributed by atoms with Crippen molar-refractivity contribution in [1.29, 1.82) is 0 Å². The smallest absolute Gasteiger partial charge is 0.223 e. The second-order valence-corrected chi connectivity index (χ2v) is 4.59. The first-order valence-electron chi connectivity index (χ1n) is 6.24. The molecular weight excluding hydrogens is 214 g/mol. The lowest BCUT2D eigenvalue weighted by atomic mass is 10.1. The lowest BCUT2D eigenvalue weighted by molar-refractivity contribution is -0.131. The Bertz CT molecular complexity index is 377. The van der Waals surface area contributed by atoms with Gasteiger partial charge < -0.3 is 10.0 Å². The highest BCUT2D eigenvalue weighted by Gasteiger charge is 2.34. The minimum atomic E-state index is -0.398. The van der Waals surface area contributed by atoms with E-state index in [4.69, 9.17) is 0 Å². The van der Waals surface area contributed by atoms with Gasteiger partial charge in [-0.3, -0.25) is 4.79 Å². The number of hydrogen-bond acceptors (Lipinski definition) is 2. The zero-order valence-corrected chi connectivity index (χ0v) is 10.2. The summed E-state index contributed by atoms with van der Waals surface area (Å²) < 4.78 is 0. The van der Waals surface area contributed by atoms with Crippen LogP contribution < -0.4 is 0 Å². The molecule has 92 valence electrons. The number of nitrogens with zero attached hydrogens (tertiary/aromatic N) is 1. The molecule has 1 saturated heterocycles. The molecule has 1 aromatic carbocycles. The minimum Gasteiger partial charge on any atom is -0.391 e. The van der Waals surface area contributed by atoms with Crippen LogP contribution in [-0.4, -0.2) is 28.1 Å². The average Bonchev–Trinajstić information content (AvgIpc) is 2.72. The fourth-order valence-electron chi connectivity index (χ4n) is 2.41. The summed E-state index contributed by atoms with van der Waals surface area (Å²) in [4.78, 5) is 13.6. The van der Waals surface area contributed by atoms with Crippen molar-refractivity contribution in [3.8, 4) is 0 Å². The monoisotopic (exact) mass is 233 g/mol. The van der Waals surface area contributed by atoms with E-state index in [1.165, 1.54) is 0 Å². The van der Waals surface area contributed by atoms with Gasteiger partial charge in [-0.05, 0) is 18.4 Å². The van der Waals surface area contributed by atoms with Crippen LogP contribution in [0.1, 0.15) is 31.7 Å². The van der Waals surface area contributed by atoms with Crippen molar-refractivity contribution >= 4 is 5.91 Å². The molecule has 1 N–H and O–H groups in total. The molecule has 2 unspecified atom stereocenters. The third kappa shape index (κ3) is 2.67. The molecule has 0 aliphatic carbocycles. The van der Waals surface area contributed by atoms with Gasteiger partial charge in [0.25, 0.3) is 0 Å². The molecule has 1 aliphatic rings. The molecule has 1 aliphatic heterocycles. The summed E-state index contributed by atoms with van der Waals surface area (Å²) in [6, 6.07) is 9.94. The summed E-state index contributed by atoms with van der Waals surface area (Å²) in [6.07, 6.45) is 1.64. The van der Waals surface area contributed by atoms with E-state index in [0.717, 1.165) is 12.0 Å². The van der Waals surface area contributed by atoms with Crippen molar-refractivity contribution in [2.75, 3.05) is 0 Å². The minimum absolute atomic E-state index is 0.00675. The van der Waals surface area contributed by atoms with Gasteiger partial charge >= 0.3 is 0 Å². The molecule has 0 saturated carbocycles. The van der Waals surface area contributed by atoms with Crippen molar-refractivity contribution in [3.05, 3.63) is 35.9 Å². The summed E-state index contributed by atoms with van der Waals surface area (Å²) in [5, 5.41) is 9.93. The summed E-state index contributed by atoms with van der Waals surface area (Å²) >= 11 is 0. The van der Waals surface area contributed by atoms with Crippen molar-refractivity contribution in [2.24, 2.45) is 0 Å². The molecule has 0 radical (unpaired) electrons. The summed E-state index contributed by atoms with van der Waals surface area (Å²) in [6.45, 7) is 2.57. The molecule has 2 rings (SSSR count). The van der Waals surface area contributed by atoms with Crippen LogP contribution in [0, 0.1) is 0 Å². The maximum Gasteiger partial charge on any atom is 0.223 e. The Kier molecular flexibility index (Phi) is 3.79. The highest BCUT2D eigenvalue weighted by atomic mass is 16.3. The molecule has 1 aromatic rings. The Labute approximate surface area is 102 Å². The normalized spacial score (nSPS) is 21.9. The highest BCUT2D eigenvalue weighted by Crippen LogP contribution is 2.24. The van der Waals surface area contributed by atoms with E-state index >= 15 is 0 Å². The summed E-state index contributed by atoms with van der Waals surface area (Å²) in [5.74, 6) is 0.159. The standard InChI is InChI=1S/C14H19NO2/c1-2-13(16)12-8-9-14(17)15(12)10-11-6-4-3-5-7-11/h3-7,12-13,16H,2,8-10H2,1H3. The largest absolute Gasteiger partial charge is 0.391 e. The first-order chi connectivity index (χ1) is 8.22. The first kappa shape index (κ1) is 12.1. The van der Waals surface area contributed by atoms with Gasteiger partial charge in [-0.25, -0.2) is 0 Å². The number of rotatable bonds is 4. The quantitative estimate of drug-likeness (QED) is 0.863. The lowest BCUT2D eigenvalue weighted by Crippen LogP contribution is -2.40. The van der Waals surface area contributed by atoms with Crippen LogP contribution in [0.2, 0.25) is 0 Å². The van der Waals surface area contributed by atoms with Crippen molar-refractivity contribution in [1.82, 2.24) is 4.90 Å². The maximum atomic E-state index is 11.8. The molecule has 0 aromatic heterocycles. The molecule has 17 heavy (non-hydrogen) atoms. The van der Waals surface area contributed by atoms with Gasteiger partial charge in [0.1, 0.15) is 0 Å². The van der Waals surface area contributed by atoms with Crippen LogP contribution in [0.3, 0.4) is 0 Å². The van der Waals surface area contributed by atoms with E-state index in [1.807, 2.05) is 42.2 Å². The van der Waals surface area contributed by atoms with Crippen molar-refractivity contribution in [2.45, 2.75) is 44.9 Å². The number of carbonyl (C=O) groups excluding carboxylic acids is 1. The SMILES string of the molecule is CCC(O)C1CCC(=O)N1Cc1ccccc1. The summed E-state index contributed by atoms with van der Waals surface area (Å²) in [5.41, 5.74) is 1.12.